The van der Waals surface area contributed by atoms with Gasteiger partial charge >= 0.3 is 0 Å². The van der Waals surface area contributed by atoms with Crippen molar-refractivity contribution in [3.63, 3.8) is 0 Å². The van der Waals surface area contributed by atoms with Gasteiger partial charge in [0.2, 0.25) is 5.91 Å². The topological polar surface area (TPSA) is 120 Å². The van der Waals surface area contributed by atoms with Crippen molar-refractivity contribution in [2.45, 2.75) is 13.0 Å². The van der Waals surface area contributed by atoms with Crippen LogP contribution in [-0.4, -0.2) is 23.3 Å². The Balaban J connectivity index is 1.39. The number of nitro groups is 1. The summed E-state index contributed by atoms with van der Waals surface area (Å²) in [6.07, 6.45) is -0.247. The fourth-order valence-electron chi connectivity index (χ4n) is 2.75. The smallest absolute Gasteiger partial charge is 0.276 e. The van der Waals surface area contributed by atoms with Crippen LogP contribution < -0.4 is 20.3 Å². The summed E-state index contributed by atoms with van der Waals surface area (Å²) in [6.45, 7) is 0.116. The second kappa shape index (κ2) is 11.1. The molecule has 0 aliphatic rings. The van der Waals surface area contributed by atoms with E-state index in [4.69, 9.17) is 9.47 Å². The normalized spacial score (nSPS) is 10.1. The van der Waals surface area contributed by atoms with E-state index in [1.54, 1.807) is 30.3 Å². The molecular formula is C23H21N3O6. The van der Waals surface area contributed by atoms with Crippen LogP contribution >= 0.6 is 0 Å². The first-order valence-corrected chi connectivity index (χ1v) is 9.71. The highest BCUT2D eigenvalue weighted by Crippen LogP contribution is 2.19. The number of benzene rings is 3. The molecule has 9 nitrogen and oxygen atoms in total. The molecule has 3 rings (SSSR count). The molecule has 0 saturated carbocycles. The Morgan fingerprint density at radius 2 is 1.38 bits per heavy atom. The van der Waals surface area contributed by atoms with E-state index in [2.05, 4.69) is 10.9 Å². The Kier molecular flexibility index (Phi) is 7.74. The Hall–Kier alpha value is -4.40. The predicted molar refractivity (Wildman–Crippen MR) is 116 cm³/mol. The molecule has 0 radical (unpaired) electrons. The van der Waals surface area contributed by atoms with Gasteiger partial charge in [-0.3, -0.25) is 30.6 Å². The van der Waals surface area contributed by atoms with Gasteiger partial charge in [0.05, 0.1) is 11.3 Å². The summed E-state index contributed by atoms with van der Waals surface area (Å²) in [5, 5.41) is 11.0. The van der Waals surface area contributed by atoms with E-state index >= 15 is 0 Å². The fraction of sp³-hybridized carbons (Fsp3) is 0.130. The van der Waals surface area contributed by atoms with Gasteiger partial charge < -0.3 is 9.47 Å². The molecule has 164 valence electrons. The first kappa shape index (κ1) is 22.3. The Morgan fingerprint density at radius 3 is 2.06 bits per heavy atom. The van der Waals surface area contributed by atoms with Crippen molar-refractivity contribution in [3.05, 3.63) is 100 Å². The summed E-state index contributed by atoms with van der Waals surface area (Å²) in [7, 11) is 0. The summed E-state index contributed by atoms with van der Waals surface area (Å²) in [5.74, 6) is -0.0516. The van der Waals surface area contributed by atoms with E-state index in [1.165, 1.54) is 18.2 Å². The first-order valence-electron chi connectivity index (χ1n) is 9.71. The lowest BCUT2D eigenvalue weighted by atomic mass is 10.1. The highest BCUT2D eigenvalue weighted by atomic mass is 16.6. The van der Waals surface area contributed by atoms with Crippen LogP contribution in [-0.2, 0) is 22.6 Å². The lowest BCUT2D eigenvalue weighted by Crippen LogP contribution is -2.44. The van der Waals surface area contributed by atoms with E-state index < -0.39 is 16.7 Å². The number of hydrogen-bond acceptors (Lipinski definition) is 6. The molecular weight excluding hydrogens is 414 g/mol. The van der Waals surface area contributed by atoms with Crippen molar-refractivity contribution < 1.29 is 24.0 Å². The lowest BCUT2D eigenvalue weighted by molar-refractivity contribution is -0.385. The van der Waals surface area contributed by atoms with Gasteiger partial charge in [0, 0.05) is 11.6 Å². The zero-order valence-corrected chi connectivity index (χ0v) is 17.0. The van der Waals surface area contributed by atoms with Crippen LogP contribution in [0.25, 0.3) is 0 Å². The number of nitrogens with one attached hydrogen (secondary N) is 2. The van der Waals surface area contributed by atoms with Crippen LogP contribution in [0.15, 0.2) is 78.9 Å². The van der Waals surface area contributed by atoms with Crippen LogP contribution in [0.2, 0.25) is 0 Å². The number of nitrogens with zero attached hydrogens (tertiary/aromatic N) is 1. The molecule has 0 aromatic heterocycles. The number of amides is 2. The van der Waals surface area contributed by atoms with Crippen LogP contribution in [0.1, 0.15) is 11.1 Å². The van der Waals surface area contributed by atoms with E-state index in [-0.39, 0.29) is 24.3 Å². The zero-order chi connectivity index (χ0) is 22.8. The third-order valence-corrected chi connectivity index (χ3v) is 4.32. The standard InChI is InChI=1S/C23H21N3O6/c27-22(14-18-8-4-5-9-21(18)26(29)30)24-25-23(28)16-32-20-12-10-19(11-13-20)31-15-17-6-2-1-3-7-17/h1-13H,14-16H2,(H,24,27)(H,25,28). The predicted octanol–water partition coefficient (Wildman–Crippen LogP) is 2.94. The summed E-state index contributed by atoms with van der Waals surface area (Å²) >= 11 is 0. The number of rotatable bonds is 9. The zero-order valence-electron chi connectivity index (χ0n) is 17.0. The Bertz CT molecular complexity index is 1070. The molecule has 2 N–H and O–H groups in total. The molecule has 0 aliphatic carbocycles. The van der Waals surface area contributed by atoms with E-state index in [1.807, 2.05) is 30.3 Å². The monoisotopic (exact) mass is 435 g/mol. The maximum absolute atomic E-state index is 12.0. The van der Waals surface area contributed by atoms with Crippen molar-refractivity contribution in [2.75, 3.05) is 6.61 Å². The van der Waals surface area contributed by atoms with Gasteiger partial charge in [-0.1, -0.05) is 48.5 Å². The Labute approximate surface area is 184 Å². The highest BCUT2D eigenvalue weighted by Gasteiger charge is 2.15. The minimum absolute atomic E-state index is 0.159. The molecule has 0 atom stereocenters. The maximum Gasteiger partial charge on any atom is 0.276 e. The number of carbonyl (C=O) groups excluding carboxylic acids is 2. The molecule has 0 heterocycles. The van der Waals surface area contributed by atoms with E-state index in [0.29, 0.717) is 18.1 Å². The summed E-state index contributed by atoms with van der Waals surface area (Å²) in [4.78, 5) is 34.3. The molecule has 0 aliphatic heterocycles. The number of para-hydroxylation sites is 1. The van der Waals surface area contributed by atoms with Gasteiger partial charge in [-0.05, 0) is 29.8 Å². The molecule has 32 heavy (non-hydrogen) atoms. The molecule has 9 heteroatoms. The molecule has 0 unspecified atom stereocenters. The largest absolute Gasteiger partial charge is 0.489 e. The highest BCUT2D eigenvalue weighted by molar-refractivity contribution is 5.84. The summed E-state index contributed by atoms with van der Waals surface area (Å²) < 4.78 is 11.1. The fourth-order valence-corrected chi connectivity index (χ4v) is 2.75. The van der Waals surface area contributed by atoms with Gasteiger partial charge in [0.25, 0.3) is 11.6 Å². The van der Waals surface area contributed by atoms with Crippen LogP contribution in [0.5, 0.6) is 11.5 Å². The molecule has 2 amide bonds. The minimum atomic E-state index is -0.590. The summed E-state index contributed by atoms with van der Waals surface area (Å²) in [5.41, 5.74) is 5.56. The van der Waals surface area contributed by atoms with E-state index in [9.17, 15) is 19.7 Å². The van der Waals surface area contributed by atoms with Gasteiger partial charge in [-0.15, -0.1) is 0 Å². The second-order valence-electron chi connectivity index (χ2n) is 6.69. The third kappa shape index (κ3) is 6.84. The van der Waals surface area contributed by atoms with Crippen molar-refractivity contribution >= 4 is 17.5 Å². The van der Waals surface area contributed by atoms with Crippen molar-refractivity contribution in [1.82, 2.24) is 10.9 Å². The van der Waals surface area contributed by atoms with Crippen molar-refractivity contribution in [3.8, 4) is 11.5 Å². The van der Waals surface area contributed by atoms with Crippen molar-refractivity contribution in [2.24, 2.45) is 0 Å². The van der Waals surface area contributed by atoms with Gasteiger partial charge in [0.15, 0.2) is 6.61 Å². The third-order valence-electron chi connectivity index (χ3n) is 4.32. The molecule has 0 spiro atoms. The van der Waals surface area contributed by atoms with Gasteiger partial charge in [-0.2, -0.15) is 0 Å². The SMILES string of the molecule is O=C(COc1ccc(OCc2ccccc2)cc1)NNC(=O)Cc1ccccc1[N+](=O)[O-]. The number of hydrazine groups is 1. The number of hydrogen-bond donors (Lipinski definition) is 2. The molecule has 3 aromatic rings. The first-order chi connectivity index (χ1) is 15.5. The van der Waals surface area contributed by atoms with Crippen LogP contribution in [0, 0.1) is 10.1 Å². The number of ether oxygens (including phenoxy) is 2. The van der Waals surface area contributed by atoms with Gasteiger partial charge in [0.1, 0.15) is 18.1 Å². The minimum Gasteiger partial charge on any atom is -0.489 e. The number of carbonyl (C=O) groups is 2. The van der Waals surface area contributed by atoms with Crippen molar-refractivity contribution in [1.29, 1.82) is 0 Å². The second-order valence-corrected chi connectivity index (χ2v) is 6.69. The molecule has 0 saturated heterocycles. The lowest BCUT2D eigenvalue weighted by Gasteiger charge is -2.10. The quantitative estimate of drug-likeness (QED) is 0.394. The average molecular weight is 435 g/mol. The van der Waals surface area contributed by atoms with Gasteiger partial charge in [-0.25, -0.2) is 0 Å². The molecule has 0 bridgehead atoms. The molecule has 3 aromatic carbocycles. The van der Waals surface area contributed by atoms with Crippen LogP contribution in [0.4, 0.5) is 5.69 Å². The van der Waals surface area contributed by atoms with E-state index in [0.717, 1.165) is 5.56 Å². The van der Waals surface area contributed by atoms with Crippen LogP contribution in [0.3, 0.4) is 0 Å². The maximum atomic E-state index is 12.0. The average Bonchev–Trinajstić information content (AvgIpc) is 2.81. The molecule has 0 fully saturated rings. The number of nitro benzene ring substituents is 1. The Morgan fingerprint density at radius 1 is 0.781 bits per heavy atom. The summed E-state index contributed by atoms with van der Waals surface area (Å²) in [6, 6.07) is 22.4.